The van der Waals surface area contributed by atoms with Crippen molar-refractivity contribution in [1.29, 1.82) is 0 Å². The molecule has 0 aromatic carbocycles. The lowest BCUT2D eigenvalue weighted by Crippen LogP contribution is -2.48. The highest BCUT2D eigenvalue weighted by atomic mass is 32.2. The van der Waals surface area contributed by atoms with Gasteiger partial charge in [0.25, 0.3) is 0 Å². The van der Waals surface area contributed by atoms with Gasteiger partial charge in [0.1, 0.15) is 0 Å². The molecule has 0 aromatic heterocycles. The van der Waals surface area contributed by atoms with Crippen LogP contribution in [0.15, 0.2) is 0 Å². The van der Waals surface area contributed by atoms with Gasteiger partial charge in [-0.3, -0.25) is 0 Å². The van der Waals surface area contributed by atoms with Crippen LogP contribution in [-0.4, -0.2) is 35.3 Å². The van der Waals surface area contributed by atoms with Gasteiger partial charge in [0.05, 0.1) is 6.61 Å². The maximum atomic E-state index is 9.57. The maximum absolute atomic E-state index is 9.57. The number of hydrogen-bond acceptors (Lipinski definition) is 3. The number of hydrogen-bond donors (Lipinski definition) is 2. The molecule has 1 unspecified atom stereocenters. The van der Waals surface area contributed by atoms with Crippen LogP contribution in [0, 0.1) is 0 Å². The van der Waals surface area contributed by atoms with Gasteiger partial charge in [-0.25, -0.2) is 0 Å². The molecule has 0 amide bonds. The van der Waals surface area contributed by atoms with E-state index >= 15 is 0 Å². The van der Waals surface area contributed by atoms with Gasteiger partial charge in [-0.15, -0.1) is 0 Å². The third-order valence-corrected chi connectivity index (χ3v) is 4.47. The summed E-state index contributed by atoms with van der Waals surface area (Å²) in [6.07, 6.45) is 7.08. The second kappa shape index (κ2) is 11.4. The standard InChI is InChI=1S/C14H31NOS/c1-4-7-11-17-12-8-9-14(6-3,13-16)15-10-5-2/h15-16H,4-13H2,1-3H3. The largest absolute Gasteiger partial charge is 0.394 e. The smallest absolute Gasteiger partial charge is 0.0613 e. The lowest BCUT2D eigenvalue weighted by Gasteiger charge is -2.32. The quantitative estimate of drug-likeness (QED) is 0.528. The Morgan fingerprint density at radius 1 is 1.06 bits per heavy atom. The highest BCUT2D eigenvalue weighted by molar-refractivity contribution is 7.99. The highest BCUT2D eigenvalue weighted by Crippen LogP contribution is 2.19. The molecule has 2 nitrogen and oxygen atoms in total. The Kier molecular flexibility index (Phi) is 11.5. The maximum Gasteiger partial charge on any atom is 0.0613 e. The fourth-order valence-corrected chi connectivity index (χ4v) is 2.93. The molecule has 0 radical (unpaired) electrons. The monoisotopic (exact) mass is 261 g/mol. The summed E-state index contributed by atoms with van der Waals surface area (Å²) in [6, 6.07) is 0. The number of rotatable bonds is 12. The number of thioether (sulfide) groups is 1. The van der Waals surface area contributed by atoms with Gasteiger partial charge in [0.15, 0.2) is 0 Å². The summed E-state index contributed by atoms with van der Waals surface area (Å²) in [5.41, 5.74) is -0.0265. The minimum atomic E-state index is -0.0265. The molecule has 0 spiro atoms. The van der Waals surface area contributed by atoms with Gasteiger partial charge >= 0.3 is 0 Å². The van der Waals surface area contributed by atoms with Crippen LogP contribution < -0.4 is 5.32 Å². The minimum absolute atomic E-state index is 0.0265. The first-order valence-corrected chi connectivity index (χ1v) is 8.33. The zero-order valence-corrected chi connectivity index (χ0v) is 12.7. The van der Waals surface area contributed by atoms with Gasteiger partial charge in [-0.1, -0.05) is 27.2 Å². The lowest BCUT2D eigenvalue weighted by atomic mass is 9.91. The molecule has 0 saturated heterocycles. The molecule has 2 N–H and O–H groups in total. The molecule has 0 heterocycles. The highest BCUT2D eigenvalue weighted by Gasteiger charge is 2.25. The Morgan fingerprint density at radius 2 is 1.76 bits per heavy atom. The second-order valence-corrected chi connectivity index (χ2v) is 6.01. The van der Waals surface area contributed by atoms with E-state index in [4.69, 9.17) is 0 Å². The van der Waals surface area contributed by atoms with Crippen molar-refractivity contribution in [3.05, 3.63) is 0 Å². The van der Waals surface area contributed by atoms with Crippen LogP contribution in [0.2, 0.25) is 0 Å². The summed E-state index contributed by atoms with van der Waals surface area (Å²) in [5, 5.41) is 13.1. The fourth-order valence-electron chi connectivity index (χ4n) is 1.89. The fraction of sp³-hybridized carbons (Fsp3) is 1.00. The number of nitrogens with one attached hydrogen (secondary N) is 1. The second-order valence-electron chi connectivity index (χ2n) is 4.79. The molecule has 0 aliphatic heterocycles. The minimum Gasteiger partial charge on any atom is -0.394 e. The van der Waals surface area contributed by atoms with E-state index in [1.807, 2.05) is 0 Å². The van der Waals surface area contributed by atoms with E-state index in [0.717, 1.165) is 25.8 Å². The molecule has 0 aliphatic rings. The number of aliphatic hydroxyl groups is 1. The van der Waals surface area contributed by atoms with Crippen LogP contribution in [0.4, 0.5) is 0 Å². The van der Waals surface area contributed by atoms with Gasteiger partial charge < -0.3 is 10.4 Å². The Balaban J connectivity index is 3.75. The van der Waals surface area contributed by atoms with Crippen molar-refractivity contribution in [2.75, 3.05) is 24.7 Å². The predicted octanol–water partition coefficient (Wildman–Crippen LogP) is 3.44. The Morgan fingerprint density at radius 3 is 2.29 bits per heavy atom. The van der Waals surface area contributed by atoms with Crippen LogP contribution >= 0.6 is 11.8 Å². The molecule has 104 valence electrons. The molecule has 0 aliphatic carbocycles. The zero-order chi connectivity index (χ0) is 13.0. The van der Waals surface area contributed by atoms with Gasteiger partial charge in [-0.05, 0) is 50.2 Å². The molecule has 0 fully saturated rings. The Hall–Kier alpha value is 0.270. The van der Waals surface area contributed by atoms with Crippen LogP contribution in [0.1, 0.15) is 59.3 Å². The molecular weight excluding hydrogens is 230 g/mol. The normalized spacial score (nSPS) is 14.8. The average Bonchev–Trinajstić information content (AvgIpc) is 2.38. The van der Waals surface area contributed by atoms with E-state index in [1.54, 1.807) is 0 Å². The van der Waals surface area contributed by atoms with Crippen molar-refractivity contribution in [2.24, 2.45) is 0 Å². The summed E-state index contributed by atoms with van der Waals surface area (Å²) in [6.45, 7) is 7.86. The van der Waals surface area contributed by atoms with E-state index in [-0.39, 0.29) is 12.1 Å². The third-order valence-electron chi connectivity index (χ3n) is 3.32. The van der Waals surface area contributed by atoms with Crippen molar-refractivity contribution < 1.29 is 5.11 Å². The summed E-state index contributed by atoms with van der Waals surface area (Å²) >= 11 is 2.05. The molecule has 1 atom stereocenters. The van der Waals surface area contributed by atoms with E-state index in [1.165, 1.54) is 30.8 Å². The Bertz CT molecular complexity index is 160. The first-order chi connectivity index (χ1) is 8.24. The number of unbranched alkanes of at least 4 members (excludes halogenated alkanes) is 1. The number of aliphatic hydroxyl groups excluding tert-OH is 1. The van der Waals surface area contributed by atoms with Gasteiger partial charge in [0.2, 0.25) is 0 Å². The van der Waals surface area contributed by atoms with Gasteiger partial charge in [0, 0.05) is 5.54 Å². The molecule has 3 heteroatoms. The van der Waals surface area contributed by atoms with Crippen molar-refractivity contribution in [3.8, 4) is 0 Å². The topological polar surface area (TPSA) is 32.3 Å². The first-order valence-electron chi connectivity index (χ1n) is 7.18. The summed E-state index contributed by atoms with van der Waals surface area (Å²) < 4.78 is 0. The summed E-state index contributed by atoms with van der Waals surface area (Å²) in [4.78, 5) is 0. The van der Waals surface area contributed by atoms with Crippen molar-refractivity contribution in [3.63, 3.8) is 0 Å². The molecule has 17 heavy (non-hydrogen) atoms. The summed E-state index contributed by atoms with van der Waals surface area (Å²) in [5.74, 6) is 2.52. The van der Waals surface area contributed by atoms with E-state index < -0.39 is 0 Å². The molecule has 0 aromatic rings. The predicted molar refractivity (Wildman–Crippen MR) is 79.9 cm³/mol. The van der Waals surface area contributed by atoms with Crippen LogP contribution in [-0.2, 0) is 0 Å². The van der Waals surface area contributed by atoms with Crippen LogP contribution in [0.5, 0.6) is 0 Å². The van der Waals surface area contributed by atoms with Crippen LogP contribution in [0.3, 0.4) is 0 Å². The molecule has 0 bridgehead atoms. The third kappa shape index (κ3) is 8.06. The Labute approximate surface area is 112 Å². The average molecular weight is 261 g/mol. The zero-order valence-electron chi connectivity index (χ0n) is 11.9. The van der Waals surface area contributed by atoms with Crippen molar-refractivity contribution >= 4 is 11.8 Å². The van der Waals surface area contributed by atoms with E-state index in [0.29, 0.717) is 0 Å². The van der Waals surface area contributed by atoms with E-state index in [9.17, 15) is 5.11 Å². The summed E-state index contributed by atoms with van der Waals surface area (Å²) in [7, 11) is 0. The lowest BCUT2D eigenvalue weighted by molar-refractivity contribution is 0.146. The van der Waals surface area contributed by atoms with E-state index in [2.05, 4.69) is 37.8 Å². The SMILES string of the molecule is CCCCSCCCC(CC)(CO)NCCC. The molecular formula is C14H31NOS. The molecule has 0 saturated carbocycles. The first kappa shape index (κ1) is 17.3. The molecule has 0 rings (SSSR count). The van der Waals surface area contributed by atoms with Gasteiger partial charge in [-0.2, -0.15) is 11.8 Å². The van der Waals surface area contributed by atoms with Crippen LogP contribution in [0.25, 0.3) is 0 Å². The van der Waals surface area contributed by atoms with Crippen molar-refractivity contribution in [2.45, 2.75) is 64.8 Å². The van der Waals surface area contributed by atoms with Crippen molar-refractivity contribution in [1.82, 2.24) is 5.32 Å².